The lowest BCUT2D eigenvalue weighted by molar-refractivity contribution is 1.41. The smallest absolute Gasteiger partial charge is 0.0554 e. The summed E-state index contributed by atoms with van der Waals surface area (Å²) in [4.78, 5) is 0. The number of hydrogen-bond acceptors (Lipinski definition) is 2. The fraction of sp³-hybridized carbons (Fsp3) is 0. The van der Waals surface area contributed by atoms with Crippen LogP contribution in [-0.4, -0.2) is 0 Å². The van der Waals surface area contributed by atoms with Gasteiger partial charge in [-0.2, -0.15) is 0 Å². The van der Waals surface area contributed by atoms with E-state index in [0.717, 1.165) is 15.8 Å². The highest BCUT2D eigenvalue weighted by Gasteiger charge is 1.93. The lowest BCUT2D eigenvalue weighted by atomic mass is 10.3. The van der Waals surface area contributed by atoms with E-state index in [9.17, 15) is 0 Å². The lowest BCUT2D eigenvalue weighted by Crippen LogP contribution is -2.08. The van der Waals surface area contributed by atoms with Crippen LogP contribution in [0.3, 0.4) is 0 Å². The predicted octanol–water partition coefficient (Wildman–Crippen LogP) is 4.54. The number of hydrogen-bond donors (Lipinski definition) is 2. The number of rotatable bonds is 3. The maximum atomic E-state index is 5.87. The summed E-state index contributed by atoms with van der Waals surface area (Å²) in [6, 6.07) is 15.4. The fourth-order valence-corrected chi connectivity index (χ4v) is 1.70. The van der Waals surface area contributed by atoms with Gasteiger partial charge < -0.3 is 10.9 Å². The lowest BCUT2D eigenvalue weighted by Gasteiger charge is -2.09. The van der Waals surface area contributed by atoms with E-state index in [1.807, 2.05) is 48.5 Å². The van der Waals surface area contributed by atoms with Crippen molar-refractivity contribution in [3.63, 3.8) is 0 Å². The highest BCUT2D eigenvalue weighted by atomic mass is 79.9. The Morgan fingerprint density at radius 3 is 2.25 bits per heavy atom. The SMILES string of the molecule is Clc1cccc(NNc2ccc(Br)cc2)c1. The Balaban J connectivity index is 1.99. The van der Waals surface area contributed by atoms with Gasteiger partial charge in [-0.1, -0.05) is 33.6 Å². The van der Waals surface area contributed by atoms with E-state index in [4.69, 9.17) is 11.6 Å². The van der Waals surface area contributed by atoms with Crippen LogP contribution < -0.4 is 10.9 Å². The average molecular weight is 298 g/mol. The third-order valence-corrected chi connectivity index (χ3v) is 2.78. The van der Waals surface area contributed by atoms with Gasteiger partial charge in [-0.05, 0) is 42.5 Å². The second-order valence-corrected chi connectivity index (χ2v) is 4.62. The molecule has 0 aliphatic rings. The number of benzene rings is 2. The van der Waals surface area contributed by atoms with Gasteiger partial charge in [-0.15, -0.1) is 0 Å². The van der Waals surface area contributed by atoms with E-state index < -0.39 is 0 Å². The molecule has 2 rings (SSSR count). The largest absolute Gasteiger partial charge is 0.301 e. The maximum absolute atomic E-state index is 5.87. The topological polar surface area (TPSA) is 24.1 Å². The average Bonchev–Trinajstić information content (AvgIpc) is 2.28. The van der Waals surface area contributed by atoms with Crippen LogP contribution in [0.4, 0.5) is 11.4 Å². The van der Waals surface area contributed by atoms with Gasteiger partial charge in [0.25, 0.3) is 0 Å². The molecule has 0 aliphatic carbocycles. The van der Waals surface area contributed by atoms with Crippen molar-refractivity contribution in [3.8, 4) is 0 Å². The van der Waals surface area contributed by atoms with Gasteiger partial charge in [0.15, 0.2) is 0 Å². The summed E-state index contributed by atoms with van der Waals surface area (Å²) >= 11 is 9.26. The van der Waals surface area contributed by atoms with Gasteiger partial charge in [-0.25, -0.2) is 0 Å². The van der Waals surface area contributed by atoms with Crippen molar-refractivity contribution in [2.24, 2.45) is 0 Å². The zero-order valence-electron chi connectivity index (χ0n) is 8.37. The first-order valence-corrected chi connectivity index (χ1v) is 5.94. The summed E-state index contributed by atoms with van der Waals surface area (Å²) in [6.45, 7) is 0. The van der Waals surface area contributed by atoms with Crippen LogP contribution in [0.15, 0.2) is 53.0 Å². The first-order valence-electron chi connectivity index (χ1n) is 4.77. The molecule has 4 heteroatoms. The number of nitrogens with one attached hydrogen (secondary N) is 2. The molecule has 0 aliphatic heterocycles. The molecule has 2 nitrogen and oxygen atoms in total. The first kappa shape index (κ1) is 11.3. The molecule has 0 atom stereocenters. The minimum atomic E-state index is 0.711. The van der Waals surface area contributed by atoms with Gasteiger partial charge in [0.2, 0.25) is 0 Å². The van der Waals surface area contributed by atoms with Crippen molar-refractivity contribution in [3.05, 3.63) is 58.0 Å². The van der Waals surface area contributed by atoms with E-state index >= 15 is 0 Å². The van der Waals surface area contributed by atoms with E-state index in [1.165, 1.54) is 0 Å². The Morgan fingerprint density at radius 2 is 1.56 bits per heavy atom. The van der Waals surface area contributed by atoms with E-state index in [0.29, 0.717) is 5.02 Å². The Labute approximate surface area is 108 Å². The van der Waals surface area contributed by atoms with Crippen molar-refractivity contribution in [2.75, 3.05) is 10.9 Å². The van der Waals surface area contributed by atoms with Gasteiger partial charge in [0, 0.05) is 9.50 Å². The molecule has 0 fully saturated rings. The molecule has 2 aromatic rings. The van der Waals surface area contributed by atoms with Crippen molar-refractivity contribution in [2.45, 2.75) is 0 Å². The zero-order chi connectivity index (χ0) is 11.4. The molecule has 2 N–H and O–H groups in total. The quantitative estimate of drug-likeness (QED) is 0.813. The summed E-state index contributed by atoms with van der Waals surface area (Å²) in [5, 5.41) is 0.711. The highest BCUT2D eigenvalue weighted by molar-refractivity contribution is 9.10. The number of halogens is 2. The second kappa shape index (κ2) is 5.23. The van der Waals surface area contributed by atoms with Crippen LogP contribution in [0.2, 0.25) is 5.02 Å². The molecule has 0 heterocycles. The van der Waals surface area contributed by atoms with E-state index in [1.54, 1.807) is 0 Å². The Morgan fingerprint density at radius 1 is 0.875 bits per heavy atom. The molecule has 82 valence electrons. The van der Waals surface area contributed by atoms with Crippen molar-refractivity contribution < 1.29 is 0 Å². The predicted molar refractivity (Wildman–Crippen MR) is 72.8 cm³/mol. The first-order chi connectivity index (χ1) is 7.74. The number of hydrazine groups is 1. The molecule has 16 heavy (non-hydrogen) atoms. The summed E-state index contributed by atoms with van der Waals surface area (Å²) in [7, 11) is 0. The molecule has 2 aromatic carbocycles. The molecule has 0 spiro atoms. The monoisotopic (exact) mass is 296 g/mol. The zero-order valence-corrected chi connectivity index (χ0v) is 10.7. The normalized spacial score (nSPS) is 9.88. The van der Waals surface area contributed by atoms with Gasteiger partial charge in [0.05, 0.1) is 11.4 Å². The molecule has 0 bridgehead atoms. The number of anilines is 2. The molecule has 0 amide bonds. The molecule has 0 saturated carbocycles. The van der Waals surface area contributed by atoms with E-state index in [2.05, 4.69) is 26.8 Å². The van der Waals surface area contributed by atoms with E-state index in [-0.39, 0.29) is 0 Å². The fourth-order valence-electron chi connectivity index (χ4n) is 1.24. The van der Waals surface area contributed by atoms with Crippen LogP contribution in [0.25, 0.3) is 0 Å². The summed E-state index contributed by atoms with van der Waals surface area (Å²) < 4.78 is 1.06. The molecule has 0 radical (unpaired) electrons. The van der Waals surface area contributed by atoms with Crippen LogP contribution in [0.5, 0.6) is 0 Å². The Hall–Kier alpha value is -1.19. The minimum Gasteiger partial charge on any atom is -0.301 e. The maximum Gasteiger partial charge on any atom is 0.0554 e. The molecule has 0 unspecified atom stereocenters. The molecular weight excluding hydrogens is 288 g/mol. The van der Waals surface area contributed by atoms with Crippen LogP contribution in [0, 0.1) is 0 Å². The molecular formula is C12H10BrClN2. The van der Waals surface area contributed by atoms with Gasteiger partial charge in [-0.3, -0.25) is 0 Å². The minimum absolute atomic E-state index is 0.711. The van der Waals surface area contributed by atoms with Crippen molar-refractivity contribution in [1.82, 2.24) is 0 Å². The van der Waals surface area contributed by atoms with Crippen LogP contribution >= 0.6 is 27.5 Å². The summed E-state index contributed by atoms with van der Waals surface area (Å²) in [6.07, 6.45) is 0. The third kappa shape index (κ3) is 3.15. The van der Waals surface area contributed by atoms with Crippen LogP contribution in [-0.2, 0) is 0 Å². The standard InChI is InChI=1S/C12H10BrClN2/c13-9-4-6-11(7-5-9)15-16-12-3-1-2-10(14)8-12/h1-8,15-16H. The van der Waals surface area contributed by atoms with Gasteiger partial charge in [0.1, 0.15) is 0 Å². The summed E-state index contributed by atoms with van der Waals surface area (Å²) in [5.41, 5.74) is 8.07. The Bertz CT molecular complexity index is 471. The molecule has 0 saturated heterocycles. The summed E-state index contributed by atoms with van der Waals surface area (Å²) in [5.74, 6) is 0. The van der Waals surface area contributed by atoms with Gasteiger partial charge >= 0.3 is 0 Å². The second-order valence-electron chi connectivity index (χ2n) is 3.27. The van der Waals surface area contributed by atoms with Crippen molar-refractivity contribution in [1.29, 1.82) is 0 Å². The van der Waals surface area contributed by atoms with Crippen LogP contribution in [0.1, 0.15) is 0 Å². The molecule has 0 aromatic heterocycles. The van der Waals surface area contributed by atoms with Crippen molar-refractivity contribution >= 4 is 38.9 Å². The third-order valence-electron chi connectivity index (χ3n) is 2.02. The highest BCUT2D eigenvalue weighted by Crippen LogP contribution is 2.17. The Kier molecular flexibility index (Phi) is 3.70.